The average Bonchev–Trinajstić information content (AvgIpc) is 2.78. The van der Waals surface area contributed by atoms with Gasteiger partial charge in [0, 0.05) is 29.3 Å². The van der Waals surface area contributed by atoms with E-state index in [4.69, 9.17) is 10.5 Å². The maximum absolute atomic E-state index is 5.51. The summed E-state index contributed by atoms with van der Waals surface area (Å²) in [6.45, 7) is 1.37. The molecular weight excluding hydrogens is 282 g/mol. The van der Waals surface area contributed by atoms with Gasteiger partial charge < -0.3 is 15.0 Å². The van der Waals surface area contributed by atoms with E-state index < -0.39 is 0 Å². The van der Waals surface area contributed by atoms with Gasteiger partial charge in [0.2, 0.25) is 0 Å². The molecule has 0 aliphatic carbocycles. The summed E-state index contributed by atoms with van der Waals surface area (Å²) in [6, 6.07) is 5.86. The van der Waals surface area contributed by atoms with Crippen molar-refractivity contribution in [1.29, 1.82) is 0 Å². The number of nitrogens with zero attached hydrogens (tertiary/aromatic N) is 2. The van der Waals surface area contributed by atoms with Crippen molar-refractivity contribution in [2.24, 2.45) is 5.73 Å². The van der Waals surface area contributed by atoms with Crippen molar-refractivity contribution in [1.82, 2.24) is 9.55 Å². The number of benzene rings is 1. The minimum Gasteiger partial charge on any atom is -0.496 e. The van der Waals surface area contributed by atoms with Crippen LogP contribution in [0.15, 0.2) is 35.2 Å². The van der Waals surface area contributed by atoms with Gasteiger partial charge in [0.05, 0.1) is 19.1 Å². The lowest BCUT2D eigenvalue weighted by atomic mass is 10.1. The summed E-state index contributed by atoms with van der Waals surface area (Å²) in [5, 5.41) is 0. The second-order valence-electron chi connectivity index (χ2n) is 3.63. The van der Waals surface area contributed by atoms with Crippen LogP contribution in [0.25, 0.3) is 11.3 Å². The van der Waals surface area contributed by atoms with Crippen LogP contribution >= 0.6 is 15.9 Å². The van der Waals surface area contributed by atoms with Crippen LogP contribution in [-0.2, 0) is 6.54 Å². The summed E-state index contributed by atoms with van der Waals surface area (Å²) >= 11 is 3.45. The quantitative estimate of drug-likeness (QED) is 0.941. The maximum atomic E-state index is 5.51. The molecule has 0 fully saturated rings. The van der Waals surface area contributed by atoms with Crippen molar-refractivity contribution in [2.45, 2.75) is 6.54 Å². The smallest absolute Gasteiger partial charge is 0.128 e. The fraction of sp³-hybridized carbons (Fsp3) is 0.250. The third-order valence-corrected chi connectivity index (χ3v) is 2.95. The van der Waals surface area contributed by atoms with E-state index in [1.54, 1.807) is 13.4 Å². The summed E-state index contributed by atoms with van der Waals surface area (Å²) in [6.07, 6.45) is 3.75. The first-order valence-electron chi connectivity index (χ1n) is 5.30. The van der Waals surface area contributed by atoms with Crippen LogP contribution in [0.4, 0.5) is 0 Å². The summed E-state index contributed by atoms with van der Waals surface area (Å²) in [5.74, 6) is 0.811. The Morgan fingerprint density at radius 2 is 2.29 bits per heavy atom. The van der Waals surface area contributed by atoms with E-state index in [0.717, 1.165) is 28.0 Å². The lowest BCUT2D eigenvalue weighted by molar-refractivity contribution is 0.416. The van der Waals surface area contributed by atoms with Crippen LogP contribution in [0.3, 0.4) is 0 Å². The molecule has 1 aromatic carbocycles. The van der Waals surface area contributed by atoms with Crippen molar-refractivity contribution < 1.29 is 4.74 Å². The Labute approximate surface area is 109 Å². The molecule has 2 aromatic rings. The number of aromatic nitrogens is 2. The number of rotatable bonds is 4. The molecule has 4 nitrogen and oxygen atoms in total. The molecule has 0 saturated carbocycles. The molecule has 0 atom stereocenters. The summed E-state index contributed by atoms with van der Waals surface area (Å²) < 4.78 is 8.30. The molecule has 0 saturated heterocycles. The predicted molar refractivity (Wildman–Crippen MR) is 71.0 cm³/mol. The number of methoxy groups -OCH3 is 1. The van der Waals surface area contributed by atoms with Crippen LogP contribution < -0.4 is 10.5 Å². The van der Waals surface area contributed by atoms with Crippen molar-refractivity contribution in [3.8, 4) is 17.0 Å². The van der Waals surface area contributed by atoms with E-state index in [2.05, 4.69) is 20.9 Å². The largest absolute Gasteiger partial charge is 0.496 e. The van der Waals surface area contributed by atoms with Gasteiger partial charge in [-0.3, -0.25) is 0 Å². The molecule has 0 amide bonds. The zero-order chi connectivity index (χ0) is 12.3. The van der Waals surface area contributed by atoms with Crippen LogP contribution in [0, 0.1) is 0 Å². The Kier molecular flexibility index (Phi) is 3.81. The molecule has 5 heteroatoms. The van der Waals surface area contributed by atoms with E-state index in [1.165, 1.54) is 0 Å². The molecule has 0 spiro atoms. The van der Waals surface area contributed by atoms with Crippen LogP contribution in [-0.4, -0.2) is 23.2 Å². The first kappa shape index (κ1) is 12.1. The highest BCUT2D eigenvalue weighted by atomic mass is 79.9. The maximum Gasteiger partial charge on any atom is 0.128 e. The lowest BCUT2D eigenvalue weighted by Gasteiger charge is -2.06. The van der Waals surface area contributed by atoms with E-state index in [1.807, 2.05) is 29.0 Å². The zero-order valence-corrected chi connectivity index (χ0v) is 11.1. The fourth-order valence-corrected chi connectivity index (χ4v) is 2.01. The Morgan fingerprint density at radius 1 is 1.47 bits per heavy atom. The summed E-state index contributed by atoms with van der Waals surface area (Å²) in [7, 11) is 1.66. The SMILES string of the molecule is COc1ccc(Br)cc1-c1cn(CCN)cn1. The zero-order valence-electron chi connectivity index (χ0n) is 9.56. The van der Waals surface area contributed by atoms with Crippen LogP contribution in [0.5, 0.6) is 5.75 Å². The van der Waals surface area contributed by atoms with Gasteiger partial charge in [-0.2, -0.15) is 0 Å². The van der Waals surface area contributed by atoms with Gasteiger partial charge in [0.1, 0.15) is 5.75 Å². The topological polar surface area (TPSA) is 53.1 Å². The Morgan fingerprint density at radius 3 is 3.00 bits per heavy atom. The molecule has 1 heterocycles. The van der Waals surface area contributed by atoms with Gasteiger partial charge in [0.25, 0.3) is 0 Å². The van der Waals surface area contributed by atoms with E-state index in [-0.39, 0.29) is 0 Å². The highest BCUT2D eigenvalue weighted by molar-refractivity contribution is 9.10. The molecule has 0 unspecified atom stereocenters. The minimum atomic E-state index is 0.603. The molecule has 0 radical (unpaired) electrons. The molecular formula is C12H14BrN3O. The molecule has 90 valence electrons. The monoisotopic (exact) mass is 295 g/mol. The van der Waals surface area contributed by atoms with Crippen molar-refractivity contribution in [2.75, 3.05) is 13.7 Å². The number of nitrogens with two attached hydrogens (primary N) is 1. The Bertz CT molecular complexity index is 510. The first-order valence-corrected chi connectivity index (χ1v) is 6.09. The van der Waals surface area contributed by atoms with E-state index in [9.17, 15) is 0 Å². The number of halogens is 1. The van der Waals surface area contributed by atoms with Gasteiger partial charge in [0.15, 0.2) is 0 Å². The molecule has 1 aromatic heterocycles. The van der Waals surface area contributed by atoms with Crippen LogP contribution in [0.2, 0.25) is 0 Å². The van der Waals surface area contributed by atoms with Gasteiger partial charge in [-0.1, -0.05) is 15.9 Å². The van der Waals surface area contributed by atoms with Crippen molar-refractivity contribution in [3.63, 3.8) is 0 Å². The molecule has 0 aliphatic heterocycles. The van der Waals surface area contributed by atoms with Crippen molar-refractivity contribution >= 4 is 15.9 Å². The Hall–Kier alpha value is -1.33. The average molecular weight is 296 g/mol. The number of hydrogen-bond acceptors (Lipinski definition) is 3. The summed E-state index contributed by atoms with van der Waals surface area (Å²) in [4.78, 5) is 4.36. The second-order valence-corrected chi connectivity index (χ2v) is 4.55. The van der Waals surface area contributed by atoms with Gasteiger partial charge >= 0.3 is 0 Å². The highest BCUT2D eigenvalue weighted by Crippen LogP contribution is 2.31. The third kappa shape index (κ3) is 2.68. The third-order valence-electron chi connectivity index (χ3n) is 2.46. The van der Waals surface area contributed by atoms with Crippen molar-refractivity contribution in [3.05, 3.63) is 35.2 Å². The number of hydrogen-bond donors (Lipinski definition) is 1. The first-order chi connectivity index (χ1) is 8.24. The van der Waals surface area contributed by atoms with Gasteiger partial charge in [-0.25, -0.2) is 4.98 Å². The van der Waals surface area contributed by atoms with Crippen LogP contribution in [0.1, 0.15) is 0 Å². The molecule has 2 N–H and O–H groups in total. The normalized spacial score (nSPS) is 10.5. The van der Waals surface area contributed by atoms with Gasteiger partial charge in [-0.05, 0) is 18.2 Å². The molecule has 0 aliphatic rings. The molecule has 0 bridgehead atoms. The number of imidazole rings is 1. The second kappa shape index (κ2) is 5.33. The minimum absolute atomic E-state index is 0.603. The lowest BCUT2D eigenvalue weighted by Crippen LogP contribution is -2.07. The highest BCUT2D eigenvalue weighted by Gasteiger charge is 2.09. The standard InChI is InChI=1S/C12H14BrN3O/c1-17-12-3-2-9(13)6-10(12)11-7-16(5-4-14)8-15-11/h2-3,6-8H,4-5,14H2,1H3. The fourth-order valence-electron chi connectivity index (χ4n) is 1.65. The predicted octanol–water partition coefficient (Wildman–Crippen LogP) is 2.28. The van der Waals surface area contributed by atoms with E-state index >= 15 is 0 Å². The number of ether oxygens (including phenoxy) is 1. The Balaban J connectivity index is 2.40. The summed E-state index contributed by atoms with van der Waals surface area (Å²) in [5.41, 5.74) is 7.36. The van der Waals surface area contributed by atoms with E-state index in [0.29, 0.717) is 6.54 Å². The molecule has 2 rings (SSSR count). The van der Waals surface area contributed by atoms with Gasteiger partial charge in [-0.15, -0.1) is 0 Å². The molecule has 17 heavy (non-hydrogen) atoms.